The number of hydrogen-bond acceptors (Lipinski definition) is 12. The number of rotatable bonds is 14. The Morgan fingerprint density at radius 1 is 1.08 bits per heavy atom. The number of nitrogens with zero attached hydrogens (tertiary/aromatic N) is 6. The monoisotopic (exact) mass is 858 g/mol. The van der Waals surface area contributed by atoms with E-state index >= 15 is 0 Å². The number of aromatic nitrogens is 3. The van der Waals surface area contributed by atoms with Crippen molar-refractivity contribution in [3.8, 4) is 22.5 Å². The molecule has 3 aliphatic heterocycles. The predicted octanol–water partition coefficient (Wildman–Crippen LogP) is 5.88. The summed E-state index contributed by atoms with van der Waals surface area (Å²) in [4.78, 5) is 54.0. The number of carboxylic acids is 1. The number of alkyl carbamates (subject to hydrolysis) is 1. The molecule has 61 heavy (non-hydrogen) atoms. The Kier molecular flexibility index (Phi) is 12.9. The highest BCUT2D eigenvalue weighted by atomic mass is 32.1. The van der Waals surface area contributed by atoms with Crippen LogP contribution in [0.4, 0.5) is 10.5 Å². The van der Waals surface area contributed by atoms with E-state index in [9.17, 15) is 24.6 Å². The van der Waals surface area contributed by atoms with Gasteiger partial charge >= 0.3 is 12.1 Å². The smallest absolute Gasteiger partial charge is 0.408 e. The van der Waals surface area contributed by atoms with Crippen LogP contribution in [-0.4, -0.2) is 123 Å². The molecular weight excluding hydrogens is 797 g/mol. The first kappa shape index (κ1) is 44.4. The maximum absolute atomic E-state index is 14.1. The molecule has 3 saturated heterocycles. The number of piperazine rings is 1. The van der Waals surface area contributed by atoms with Crippen LogP contribution in [0.1, 0.15) is 83.7 Å². The number of anilines is 1. The van der Waals surface area contributed by atoms with Gasteiger partial charge in [-0.2, -0.15) is 0 Å². The third-order valence-corrected chi connectivity index (χ3v) is 13.2. The molecular formula is C45H62N8O7S. The minimum atomic E-state index is -1.05. The van der Waals surface area contributed by atoms with Gasteiger partial charge in [0.2, 0.25) is 0 Å². The zero-order valence-electron chi connectivity index (χ0n) is 36.9. The number of methoxy groups -OCH3 is 1. The Labute approximate surface area is 362 Å². The summed E-state index contributed by atoms with van der Waals surface area (Å²) in [7, 11) is 3.86. The molecule has 330 valence electrons. The zero-order valence-corrected chi connectivity index (χ0v) is 37.8. The molecule has 4 aromatic rings. The van der Waals surface area contributed by atoms with E-state index in [0.29, 0.717) is 30.8 Å². The van der Waals surface area contributed by atoms with E-state index < -0.39 is 41.1 Å². The highest BCUT2D eigenvalue weighted by Crippen LogP contribution is 2.43. The van der Waals surface area contributed by atoms with E-state index in [1.165, 1.54) is 16.3 Å². The lowest BCUT2D eigenvalue weighted by atomic mass is 9.73. The molecule has 1 saturated carbocycles. The number of hydrogen-bond donors (Lipinski definition) is 4. The van der Waals surface area contributed by atoms with E-state index in [1.807, 2.05) is 18.5 Å². The molecule has 1 aromatic carbocycles. The molecule has 15 nitrogen and oxygen atoms in total. The van der Waals surface area contributed by atoms with E-state index in [1.54, 1.807) is 27.9 Å². The quantitative estimate of drug-likeness (QED) is 0.119. The number of hydrazine groups is 1. The fourth-order valence-electron chi connectivity index (χ4n) is 8.76. The Morgan fingerprint density at radius 2 is 1.80 bits per heavy atom. The van der Waals surface area contributed by atoms with Gasteiger partial charge in [-0.1, -0.05) is 19.9 Å². The molecule has 4 fully saturated rings. The number of fused-ring (bicyclic) bond motifs is 3. The summed E-state index contributed by atoms with van der Waals surface area (Å²) in [6.45, 7) is 18.0. The average molecular weight is 859 g/mol. The van der Waals surface area contributed by atoms with Crippen molar-refractivity contribution in [2.75, 3.05) is 51.8 Å². The first-order valence-corrected chi connectivity index (χ1v) is 22.3. The number of aliphatic carboxylic acids is 1. The van der Waals surface area contributed by atoms with Crippen molar-refractivity contribution in [3.05, 3.63) is 52.1 Å². The standard InChI is InChI=1S/C45H62N8O7S/c1-10-52-36-12-11-27(35-24-61-37(47-35)21-34(48-43(58)60-44(3,4)5)41(55)53-29-17-28(18-29)39(49-53)42(56)57)19-31(36)33(22-45(6,7)25-54)40(52)32-20-30(23-46-38(32)26(2)59-9)51-15-13-50(8)14-16-51/h11-12,19-20,23-24,26,28-29,34,39,49,54H,10,13-18,21-22,25H2,1-9H3,(H,48,58)(H,56,57)/t26-,28?,29?,34-,39?/m0/s1. The molecule has 16 heteroatoms. The molecule has 4 aliphatic rings. The number of aryl methyl sites for hydroxylation is 1. The molecule has 1 unspecified atom stereocenters. The van der Waals surface area contributed by atoms with Crippen molar-refractivity contribution < 1.29 is 34.1 Å². The van der Waals surface area contributed by atoms with E-state index in [0.717, 1.165) is 76.5 Å². The molecule has 2 amide bonds. The molecule has 6 heterocycles. The predicted molar refractivity (Wildman–Crippen MR) is 236 cm³/mol. The number of benzene rings is 1. The Bertz CT molecular complexity index is 2250. The Hall–Kier alpha value is -4.61. The van der Waals surface area contributed by atoms with Crippen molar-refractivity contribution >= 4 is 45.9 Å². The molecule has 1 aliphatic carbocycles. The summed E-state index contributed by atoms with van der Waals surface area (Å²) in [5.41, 5.74) is 9.44. The number of aliphatic hydroxyl groups is 1. The lowest BCUT2D eigenvalue weighted by molar-refractivity contribution is -0.165. The van der Waals surface area contributed by atoms with Crippen LogP contribution >= 0.6 is 11.3 Å². The molecule has 2 bridgehead atoms. The first-order valence-electron chi connectivity index (χ1n) is 21.4. The molecule has 8 rings (SSSR count). The third kappa shape index (κ3) is 9.43. The van der Waals surface area contributed by atoms with Crippen LogP contribution in [0, 0.1) is 11.3 Å². The number of amides is 2. The summed E-state index contributed by atoms with van der Waals surface area (Å²) in [6.07, 6.45) is 2.81. The maximum Gasteiger partial charge on any atom is 0.408 e. The van der Waals surface area contributed by atoms with Crippen LogP contribution in [0.3, 0.4) is 0 Å². The number of pyridine rings is 1. The molecule has 4 N–H and O–H groups in total. The van der Waals surface area contributed by atoms with Crippen LogP contribution < -0.4 is 15.6 Å². The third-order valence-electron chi connectivity index (χ3n) is 12.3. The summed E-state index contributed by atoms with van der Waals surface area (Å²) < 4.78 is 13.8. The lowest BCUT2D eigenvalue weighted by Gasteiger charge is -2.52. The van der Waals surface area contributed by atoms with E-state index in [2.05, 4.69) is 77.2 Å². The van der Waals surface area contributed by atoms with Crippen LogP contribution in [0.5, 0.6) is 0 Å². The number of ether oxygens (including phenoxy) is 2. The number of likely N-dealkylation sites (N-methyl/N-ethyl adjacent to an activating group) is 1. The van der Waals surface area contributed by atoms with Crippen molar-refractivity contribution in [2.45, 2.75) is 111 Å². The minimum absolute atomic E-state index is 0.00372. The molecule has 3 aromatic heterocycles. The van der Waals surface area contributed by atoms with Crippen LogP contribution in [0.2, 0.25) is 0 Å². The topological polar surface area (TPSA) is 175 Å². The van der Waals surface area contributed by atoms with Gasteiger partial charge in [0.25, 0.3) is 5.91 Å². The fraction of sp³-hybridized carbons (Fsp3) is 0.578. The first-order chi connectivity index (χ1) is 28.9. The summed E-state index contributed by atoms with van der Waals surface area (Å²) in [5.74, 6) is -1.48. The highest BCUT2D eigenvalue weighted by molar-refractivity contribution is 7.10. The Morgan fingerprint density at radius 3 is 2.44 bits per heavy atom. The number of carbonyl (C=O) groups excluding carboxylic acids is 2. The normalized spacial score (nSPS) is 20.7. The number of carboxylic acid groups (broad SMARTS) is 1. The fourth-order valence-corrected chi connectivity index (χ4v) is 9.61. The Balaban J connectivity index is 1.27. The number of aliphatic hydroxyl groups excluding tert-OH is 1. The van der Waals surface area contributed by atoms with Gasteiger partial charge in [-0.25, -0.2) is 15.2 Å². The second kappa shape index (κ2) is 17.6. The second-order valence-electron chi connectivity index (χ2n) is 18.7. The van der Waals surface area contributed by atoms with Crippen molar-refractivity contribution in [1.29, 1.82) is 0 Å². The van der Waals surface area contributed by atoms with Crippen molar-refractivity contribution in [1.82, 2.24) is 35.2 Å². The summed E-state index contributed by atoms with van der Waals surface area (Å²) in [6, 6.07) is 6.55. The summed E-state index contributed by atoms with van der Waals surface area (Å²) >= 11 is 1.39. The van der Waals surface area contributed by atoms with Gasteiger partial charge in [-0.15, -0.1) is 11.3 Å². The van der Waals surface area contributed by atoms with E-state index in [-0.39, 0.29) is 31.1 Å². The van der Waals surface area contributed by atoms with Crippen molar-refractivity contribution in [2.24, 2.45) is 11.3 Å². The number of nitrogens with one attached hydrogen (secondary N) is 2. The van der Waals surface area contributed by atoms with Crippen LogP contribution in [0.25, 0.3) is 33.4 Å². The lowest BCUT2D eigenvalue weighted by Crippen LogP contribution is -2.71. The molecule has 0 radical (unpaired) electrons. The molecule has 3 atom stereocenters. The van der Waals surface area contributed by atoms with Gasteiger partial charge in [0.15, 0.2) is 0 Å². The van der Waals surface area contributed by atoms with Gasteiger partial charge < -0.3 is 39.4 Å². The van der Waals surface area contributed by atoms with Crippen LogP contribution in [0.15, 0.2) is 35.8 Å². The second-order valence-corrected chi connectivity index (χ2v) is 19.6. The van der Waals surface area contributed by atoms with Crippen molar-refractivity contribution in [3.63, 3.8) is 0 Å². The maximum atomic E-state index is 14.1. The largest absolute Gasteiger partial charge is 0.480 e. The number of carbonyl (C=O) groups is 3. The van der Waals surface area contributed by atoms with Gasteiger partial charge in [-0.05, 0) is 96.0 Å². The highest BCUT2D eigenvalue weighted by Gasteiger charge is 2.50. The zero-order chi connectivity index (χ0) is 44.0. The molecule has 0 spiro atoms. The van der Waals surface area contributed by atoms with Crippen LogP contribution in [-0.2, 0) is 38.4 Å². The summed E-state index contributed by atoms with van der Waals surface area (Å²) in [5, 5.41) is 28.2. The van der Waals surface area contributed by atoms with Gasteiger partial charge in [0.05, 0.1) is 40.1 Å². The minimum Gasteiger partial charge on any atom is -0.480 e. The van der Waals surface area contributed by atoms with E-state index in [4.69, 9.17) is 19.4 Å². The average Bonchev–Trinajstić information content (AvgIpc) is 3.80. The van der Waals surface area contributed by atoms with Gasteiger partial charge in [-0.3, -0.25) is 19.6 Å². The number of thiazole rings is 1. The SMILES string of the molecule is CCn1c(-c2cc(N3CCN(C)CC3)cnc2[C@H](C)OC)c(CC(C)(C)CO)c2cc(-c3csc(C[C@H](NC(=O)OC(C)(C)C)C(=O)N4NC(C(=O)O)C5CC4C5)n3)ccc21. The van der Waals surface area contributed by atoms with Gasteiger partial charge in [0, 0.05) is 86.3 Å². The van der Waals surface area contributed by atoms with Gasteiger partial charge in [0.1, 0.15) is 17.7 Å².